The lowest BCUT2D eigenvalue weighted by molar-refractivity contribution is -0.176. The van der Waals surface area contributed by atoms with E-state index in [4.69, 9.17) is 18.9 Å². The average molecular weight is 421 g/mol. The second-order valence-corrected chi connectivity index (χ2v) is 9.79. The Morgan fingerprint density at radius 2 is 1.87 bits per heavy atom. The number of rotatable bonds is 5. The van der Waals surface area contributed by atoms with Gasteiger partial charge in [-0.25, -0.2) is 0 Å². The third-order valence-corrected chi connectivity index (χ3v) is 7.80. The van der Waals surface area contributed by atoms with Crippen LogP contribution in [0.3, 0.4) is 0 Å². The Morgan fingerprint density at radius 3 is 2.60 bits per heavy atom. The second kappa shape index (κ2) is 7.79. The number of carbonyl (C=O) groups is 3. The molecule has 5 rings (SSSR count). The Kier molecular flexibility index (Phi) is 5.25. The fraction of sp³-hybridized carbons (Fsp3) is 0.864. The van der Waals surface area contributed by atoms with Crippen LogP contribution in [-0.2, 0) is 33.3 Å². The van der Waals surface area contributed by atoms with Crippen LogP contribution in [0, 0.1) is 23.7 Å². The summed E-state index contributed by atoms with van der Waals surface area (Å²) in [6, 6.07) is 0. The zero-order valence-electron chi connectivity index (χ0n) is 17.5. The SMILES string of the molecule is CC1(OC(=O)C2C3CC4C(OC(=O)C42)C3OC(=O)CN2CCOCC2)CCCCC1. The standard InChI is InChI=1S/C22H31NO7/c1-22(5-3-2-4-6-22)30-21(26)17-14-11-13-16(17)20(25)29-19(13)18(14)28-15(24)12-23-7-9-27-10-8-23/h13-14,16-19H,2-12H2,1H3. The quantitative estimate of drug-likeness (QED) is 0.485. The highest BCUT2D eigenvalue weighted by Gasteiger charge is 2.70. The zero-order valence-corrected chi connectivity index (χ0v) is 17.5. The topological polar surface area (TPSA) is 91.4 Å². The first-order chi connectivity index (χ1) is 14.5. The van der Waals surface area contributed by atoms with Gasteiger partial charge >= 0.3 is 17.9 Å². The molecule has 5 aliphatic rings. The Bertz CT molecular complexity index is 712. The van der Waals surface area contributed by atoms with Crippen LogP contribution in [-0.4, -0.2) is 73.5 Å². The van der Waals surface area contributed by atoms with Gasteiger partial charge in [-0.3, -0.25) is 19.3 Å². The monoisotopic (exact) mass is 421 g/mol. The van der Waals surface area contributed by atoms with Crippen molar-refractivity contribution in [3.63, 3.8) is 0 Å². The molecule has 0 spiro atoms. The van der Waals surface area contributed by atoms with Crippen molar-refractivity contribution in [1.82, 2.24) is 4.90 Å². The van der Waals surface area contributed by atoms with Crippen LogP contribution in [0.5, 0.6) is 0 Å². The average Bonchev–Trinajstić information content (AvgIpc) is 3.33. The molecular formula is C22H31NO7. The first kappa shape index (κ1) is 20.2. The number of nitrogens with zero attached hydrogens (tertiary/aromatic N) is 1. The van der Waals surface area contributed by atoms with Crippen molar-refractivity contribution in [3.8, 4) is 0 Å². The number of hydrogen-bond donors (Lipinski definition) is 0. The number of fused-ring (bicyclic) bond motifs is 1. The van der Waals surface area contributed by atoms with Gasteiger partial charge < -0.3 is 18.9 Å². The summed E-state index contributed by atoms with van der Waals surface area (Å²) in [6.07, 6.45) is 4.68. The summed E-state index contributed by atoms with van der Waals surface area (Å²) in [5.74, 6) is -2.26. The lowest BCUT2D eigenvalue weighted by Crippen LogP contribution is -2.47. The molecule has 0 aromatic heterocycles. The van der Waals surface area contributed by atoms with E-state index in [1.807, 2.05) is 11.8 Å². The minimum atomic E-state index is -0.568. The van der Waals surface area contributed by atoms with Gasteiger partial charge in [0.25, 0.3) is 0 Å². The molecule has 0 N–H and O–H groups in total. The van der Waals surface area contributed by atoms with Gasteiger partial charge in [-0.15, -0.1) is 0 Å². The zero-order chi connectivity index (χ0) is 20.9. The van der Waals surface area contributed by atoms with E-state index in [1.54, 1.807) is 0 Å². The van der Waals surface area contributed by atoms with Crippen molar-refractivity contribution >= 4 is 17.9 Å². The van der Waals surface area contributed by atoms with E-state index in [2.05, 4.69) is 0 Å². The number of ether oxygens (including phenoxy) is 4. The second-order valence-electron chi connectivity index (χ2n) is 9.79. The maximum Gasteiger partial charge on any atom is 0.320 e. The fourth-order valence-corrected chi connectivity index (χ4v) is 6.31. The van der Waals surface area contributed by atoms with Gasteiger partial charge in [0.2, 0.25) is 0 Å². The van der Waals surface area contributed by atoms with E-state index in [9.17, 15) is 14.4 Å². The van der Waals surface area contributed by atoms with Crippen molar-refractivity contribution in [1.29, 1.82) is 0 Å². The van der Waals surface area contributed by atoms with Gasteiger partial charge in [-0.1, -0.05) is 6.42 Å². The first-order valence-corrected chi connectivity index (χ1v) is 11.4. The lowest BCUT2D eigenvalue weighted by atomic mass is 9.78. The molecule has 0 amide bonds. The van der Waals surface area contributed by atoms with Crippen LogP contribution in [0.2, 0.25) is 0 Å². The van der Waals surface area contributed by atoms with Crippen molar-refractivity contribution in [3.05, 3.63) is 0 Å². The lowest BCUT2D eigenvalue weighted by Gasteiger charge is -2.37. The molecular weight excluding hydrogens is 390 g/mol. The highest BCUT2D eigenvalue weighted by molar-refractivity contribution is 5.86. The van der Waals surface area contributed by atoms with Crippen LogP contribution < -0.4 is 0 Å². The molecule has 2 aliphatic heterocycles. The highest BCUT2D eigenvalue weighted by atomic mass is 16.6. The number of carbonyl (C=O) groups excluding carboxylic acids is 3. The summed E-state index contributed by atoms with van der Waals surface area (Å²) >= 11 is 0. The molecule has 2 bridgehead atoms. The van der Waals surface area contributed by atoms with E-state index >= 15 is 0 Å². The highest BCUT2D eigenvalue weighted by Crippen LogP contribution is 2.59. The molecule has 3 saturated carbocycles. The Hall–Kier alpha value is -1.67. The van der Waals surface area contributed by atoms with Gasteiger partial charge in [0.15, 0.2) is 0 Å². The van der Waals surface area contributed by atoms with Gasteiger partial charge in [0.1, 0.15) is 17.8 Å². The normalized spacial score (nSPS) is 39.6. The predicted octanol–water partition coefficient (Wildman–Crippen LogP) is 1.30. The third kappa shape index (κ3) is 3.51. The molecule has 5 fully saturated rings. The van der Waals surface area contributed by atoms with Crippen molar-refractivity contribution in [2.24, 2.45) is 23.7 Å². The van der Waals surface area contributed by atoms with Crippen LogP contribution in [0.1, 0.15) is 45.4 Å². The van der Waals surface area contributed by atoms with Gasteiger partial charge in [-0.05, 0) is 39.0 Å². The molecule has 2 saturated heterocycles. The van der Waals surface area contributed by atoms with Crippen molar-refractivity contribution < 1.29 is 33.3 Å². The molecule has 8 nitrogen and oxygen atoms in total. The molecule has 166 valence electrons. The Labute approximate surface area is 176 Å². The third-order valence-electron chi connectivity index (χ3n) is 7.80. The maximum atomic E-state index is 13.2. The van der Waals surface area contributed by atoms with Crippen molar-refractivity contribution in [2.45, 2.75) is 63.3 Å². The smallest absolute Gasteiger partial charge is 0.320 e. The van der Waals surface area contributed by atoms with Crippen LogP contribution in [0.25, 0.3) is 0 Å². The fourth-order valence-electron chi connectivity index (χ4n) is 6.31. The van der Waals surface area contributed by atoms with E-state index in [0.717, 1.165) is 25.7 Å². The molecule has 8 heteroatoms. The molecule has 3 aliphatic carbocycles. The largest absolute Gasteiger partial charge is 0.459 e. The molecule has 0 aromatic carbocycles. The van der Waals surface area contributed by atoms with Gasteiger partial charge in [0, 0.05) is 24.9 Å². The Morgan fingerprint density at radius 1 is 1.13 bits per heavy atom. The minimum Gasteiger partial charge on any atom is -0.459 e. The molecule has 0 radical (unpaired) electrons. The summed E-state index contributed by atoms with van der Waals surface area (Å²) in [5, 5.41) is 0. The summed E-state index contributed by atoms with van der Waals surface area (Å²) in [7, 11) is 0. The number of esters is 3. The van der Waals surface area contributed by atoms with Crippen molar-refractivity contribution in [2.75, 3.05) is 32.8 Å². The van der Waals surface area contributed by atoms with Gasteiger partial charge in [-0.2, -0.15) is 0 Å². The summed E-state index contributed by atoms with van der Waals surface area (Å²) in [6.45, 7) is 4.78. The summed E-state index contributed by atoms with van der Waals surface area (Å²) in [5.41, 5.74) is -0.457. The van der Waals surface area contributed by atoms with Crippen LogP contribution in [0.4, 0.5) is 0 Å². The number of morpholine rings is 1. The van der Waals surface area contributed by atoms with E-state index in [0.29, 0.717) is 32.7 Å². The molecule has 0 aromatic rings. The summed E-state index contributed by atoms with van der Waals surface area (Å²) < 4.78 is 22.7. The van der Waals surface area contributed by atoms with E-state index < -0.39 is 29.6 Å². The van der Waals surface area contributed by atoms with Gasteiger partial charge in [0.05, 0.1) is 31.6 Å². The van der Waals surface area contributed by atoms with Crippen LogP contribution in [0.15, 0.2) is 0 Å². The molecule has 30 heavy (non-hydrogen) atoms. The summed E-state index contributed by atoms with van der Waals surface area (Å²) in [4.78, 5) is 40.3. The molecule has 2 heterocycles. The van der Waals surface area contributed by atoms with Crippen LogP contribution >= 0.6 is 0 Å². The molecule has 6 atom stereocenters. The predicted molar refractivity (Wildman–Crippen MR) is 103 cm³/mol. The van der Waals surface area contributed by atoms with E-state index in [-0.39, 0.29) is 36.3 Å². The first-order valence-electron chi connectivity index (χ1n) is 11.4. The number of hydrogen-bond acceptors (Lipinski definition) is 8. The minimum absolute atomic E-state index is 0.0552. The maximum absolute atomic E-state index is 13.2. The Balaban J connectivity index is 1.27. The molecule has 6 unspecified atom stereocenters. The van der Waals surface area contributed by atoms with E-state index in [1.165, 1.54) is 6.42 Å².